The van der Waals surface area contributed by atoms with Crippen molar-refractivity contribution in [2.24, 2.45) is 0 Å². The van der Waals surface area contributed by atoms with Crippen molar-refractivity contribution in [3.8, 4) is 6.07 Å². The highest BCUT2D eigenvalue weighted by Crippen LogP contribution is 2.25. The van der Waals surface area contributed by atoms with E-state index in [0.717, 1.165) is 12.1 Å². The number of nitriles is 1. The third-order valence-corrected chi connectivity index (χ3v) is 4.64. The standard InChI is InChI=1S/C14H10ClFN2O2S/c1-9-2-4-11(7-13(9)16)18-21(19,20)14-6-10(8-17)3-5-12(14)15/h2-7,18H,1H3. The summed E-state index contributed by atoms with van der Waals surface area (Å²) in [5.74, 6) is -0.521. The van der Waals surface area contributed by atoms with Crippen LogP contribution in [0.2, 0.25) is 5.02 Å². The lowest BCUT2D eigenvalue weighted by Gasteiger charge is -2.10. The Labute approximate surface area is 126 Å². The van der Waals surface area contributed by atoms with Gasteiger partial charge in [-0.15, -0.1) is 0 Å². The van der Waals surface area contributed by atoms with Gasteiger partial charge in [0.1, 0.15) is 10.7 Å². The number of halogens is 2. The minimum atomic E-state index is -4.01. The van der Waals surface area contributed by atoms with Crippen LogP contribution in [0.1, 0.15) is 11.1 Å². The lowest BCUT2D eigenvalue weighted by atomic mass is 10.2. The molecule has 2 rings (SSSR count). The van der Waals surface area contributed by atoms with Crippen molar-refractivity contribution < 1.29 is 12.8 Å². The van der Waals surface area contributed by atoms with Crippen LogP contribution < -0.4 is 4.72 Å². The zero-order chi connectivity index (χ0) is 15.6. The summed E-state index contributed by atoms with van der Waals surface area (Å²) in [6.45, 7) is 1.57. The van der Waals surface area contributed by atoms with E-state index in [1.54, 1.807) is 6.92 Å². The molecule has 108 valence electrons. The molecule has 2 aromatic carbocycles. The van der Waals surface area contributed by atoms with Crippen LogP contribution in [0.15, 0.2) is 41.3 Å². The molecule has 0 radical (unpaired) electrons. The molecule has 0 unspecified atom stereocenters. The predicted molar refractivity (Wildman–Crippen MR) is 78.1 cm³/mol. The molecule has 21 heavy (non-hydrogen) atoms. The molecule has 0 aliphatic rings. The summed E-state index contributed by atoms with van der Waals surface area (Å²) in [4.78, 5) is -0.232. The van der Waals surface area contributed by atoms with Gasteiger partial charge in [-0.1, -0.05) is 17.7 Å². The largest absolute Gasteiger partial charge is 0.279 e. The fourth-order valence-corrected chi connectivity index (χ4v) is 3.22. The summed E-state index contributed by atoms with van der Waals surface area (Å²) >= 11 is 5.86. The molecule has 0 aromatic heterocycles. The molecule has 0 saturated heterocycles. The molecule has 2 aromatic rings. The van der Waals surface area contributed by atoms with Gasteiger partial charge in [0, 0.05) is 0 Å². The summed E-state index contributed by atoms with van der Waals surface area (Å²) in [6, 6.07) is 9.71. The molecule has 0 heterocycles. The number of sulfonamides is 1. The van der Waals surface area contributed by atoms with E-state index in [0.29, 0.717) is 5.56 Å². The van der Waals surface area contributed by atoms with E-state index in [2.05, 4.69) is 4.72 Å². The van der Waals surface area contributed by atoms with Gasteiger partial charge in [-0.05, 0) is 42.8 Å². The van der Waals surface area contributed by atoms with E-state index in [9.17, 15) is 12.8 Å². The smallest absolute Gasteiger partial charge is 0.263 e. The maximum absolute atomic E-state index is 13.5. The van der Waals surface area contributed by atoms with Crippen LogP contribution in [0.25, 0.3) is 0 Å². The summed E-state index contributed by atoms with van der Waals surface area (Å²) in [6.07, 6.45) is 0. The monoisotopic (exact) mass is 324 g/mol. The Morgan fingerprint density at radius 2 is 1.95 bits per heavy atom. The third-order valence-electron chi connectivity index (χ3n) is 2.77. The highest BCUT2D eigenvalue weighted by atomic mass is 35.5. The first-order valence-corrected chi connectivity index (χ1v) is 7.68. The van der Waals surface area contributed by atoms with Crippen LogP contribution in [0, 0.1) is 24.1 Å². The highest BCUT2D eigenvalue weighted by Gasteiger charge is 2.19. The second kappa shape index (κ2) is 5.72. The molecule has 0 saturated carbocycles. The number of anilines is 1. The number of rotatable bonds is 3. The fraction of sp³-hybridized carbons (Fsp3) is 0.0714. The summed E-state index contributed by atoms with van der Waals surface area (Å²) < 4.78 is 40.2. The number of hydrogen-bond acceptors (Lipinski definition) is 3. The topological polar surface area (TPSA) is 70.0 Å². The number of hydrogen-bond donors (Lipinski definition) is 1. The van der Waals surface area contributed by atoms with E-state index < -0.39 is 15.8 Å². The second-order valence-electron chi connectivity index (χ2n) is 4.33. The van der Waals surface area contributed by atoms with E-state index >= 15 is 0 Å². The Morgan fingerprint density at radius 1 is 1.24 bits per heavy atom. The summed E-state index contributed by atoms with van der Waals surface area (Å²) in [5, 5.41) is 8.80. The quantitative estimate of drug-likeness (QED) is 0.940. The zero-order valence-electron chi connectivity index (χ0n) is 10.9. The highest BCUT2D eigenvalue weighted by molar-refractivity contribution is 7.92. The Kier molecular flexibility index (Phi) is 4.16. The van der Waals surface area contributed by atoms with E-state index in [1.807, 2.05) is 6.07 Å². The van der Waals surface area contributed by atoms with Crippen LogP contribution in [0.5, 0.6) is 0 Å². The lowest BCUT2D eigenvalue weighted by molar-refractivity contribution is 0.601. The van der Waals surface area contributed by atoms with Crippen LogP contribution in [-0.2, 0) is 10.0 Å². The van der Waals surface area contributed by atoms with Gasteiger partial charge < -0.3 is 0 Å². The van der Waals surface area contributed by atoms with Crippen LogP contribution in [0.4, 0.5) is 10.1 Å². The van der Waals surface area contributed by atoms with Crippen molar-refractivity contribution in [3.05, 3.63) is 58.4 Å². The number of aryl methyl sites for hydroxylation is 1. The molecule has 4 nitrogen and oxygen atoms in total. The molecule has 0 spiro atoms. The number of nitrogens with zero attached hydrogens (tertiary/aromatic N) is 1. The molecule has 1 N–H and O–H groups in total. The van der Waals surface area contributed by atoms with Crippen molar-refractivity contribution in [1.29, 1.82) is 5.26 Å². The average Bonchev–Trinajstić information content (AvgIpc) is 2.43. The Balaban J connectivity index is 2.43. The minimum Gasteiger partial charge on any atom is -0.279 e. The van der Waals surface area contributed by atoms with E-state index in [-0.39, 0.29) is 21.2 Å². The summed E-state index contributed by atoms with van der Waals surface area (Å²) in [7, 11) is -4.01. The van der Waals surface area contributed by atoms with E-state index in [4.69, 9.17) is 16.9 Å². The molecule has 0 bridgehead atoms. The first-order chi connectivity index (χ1) is 9.83. The second-order valence-corrected chi connectivity index (χ2v) is 6.38. The van der Waals surface area contributed by atoms with Crippen LogP contribution >= 0.6 is 11.6 Å². The van der Waals surface area contributed by atoms with Gasteiger partial charge in [0.05, 0.1) is 22.3 Å². The van der Waals surface area contributed by atoms with Gasteiger partial charge >= 0.3 is 0 Å². The number of benzene rings is 2. The minimum absolute atomic E-state index is 0.0194. The maximum atomic E-state index is 13.5. The van der Waals surface area contributed by atoms with Crippen molar-refractivity contribution >= 4 is 27.3 Å². The zero-order valence-corrected chi connectivity index (χ0v) is 12.5. The first kappa shape index (κ1) is 15.3. The van der Waals surface area contributed by atoms with Gasteiger partial charge in [0.15, 0.2) is 0 Å². The molecule has 0 aliphatic carbocycles. The molecule has 7 heteroatoms. The number of nitrogens with one attached hydrogen (secondary N) is 1. The van der Waals surface area contributed by atoms with Crippen LogP contribution in [0.3, 0.4) is 0 Å². The normalized spacial score (nSPS) is 11.0. The predicted octanol–water partition coefficient (Wildman–Crippen LogP) is 3.46. The lowest BCUT2D eigenvalue weighted by Crippen LogP contribution is -2.14. The third kappa shape index (κ3) is 3.32. The summed E-state index contributed by atoms with van der Waals surface area (Å²) in [5.41, 5.74) is 0.647. The van der Waals surface area contributed by atoms with Gasteiger partial charge in [0.2, 0.25) is 0 Å². The molecular weight excluding hydrogens is 315 g/mol. The SMILES string of the molecule is Cc1ccc(NS(=O)(=O)c2cc(C#N)ccc2Cl)cc1F. The first-order valence-electron chi connectivity index (χ1n) is 5.82. The molecule has 0 atom stereocenters. The van der Waals surface area contributed by atoms with Crippen molar-refractivity contribution in [2.45, 2.75) is 11.8 Å². The van der Waals surface area contributed by atoms with Gasteiger partial charge in [-0.25, -0.2) is 12.8 Å². The maximum Gasteiger partial charge on any atom is 0.263 e. The molecule has 0 fully saturated rings. The van der Waals surface area contributed by atoms with E-state index in [1.165, 1.54) is 24.3 Å². The Morgan fingerprint density at radius 3 is 2.57 bits per heavy atom. The van der Waals surface area contributed by atoms with Gasteiger partial charge in [0.25, 0.3) is 10.0 Å². The van der Waals surface area contributed by atoms with Crippen molar-refractivity contribution in [2.75, 3.05) is 4.72 Å². The van der Waals surface area contributed by atoms with Crippen LogP contribution in [-0.4, -0.2) is 8.42 Å². The van der Waals surface area contributed by atoms with Gasteiger partial charge in [-0.2, -0.15) is 5.26 Å². The van der Waals surface area contributed by atoms with Crippen molar-refractivity contribution in [3.63, 3.8) is 0 Å². The van der Waals surface area contributed by atoms with Crippen molar-refractivity contribution in [1.82, 2.24) is 0 Å². The molecular formula is C14H10ClFN2O2S. The fourth-order valence-electron chi connectivity index (χ4n) is 1.65. The van der Waals surface area contributed by atoms with Gasteiger partial charge in [-0.3, -0.25) is 4.72 Å². The Bertz CT molecular complexity index is 845. The molecule has 0 aliphatic heterocycles. The average molecular weight is 325 g/mol. The molecule has 0 amide bonds. The Hall–Kier alpha value is -2.10.